The van der Waals surface area contributed by atoms with E-state index in [1.807, 2.05) is 13.8 Å². The molecule has 2 nitrogen and oxygen atoms in total. The molecule has 3 heteroatoms. The third kappa shape index (κ3) is 4.65. The molecule has 0 aromatic rings. The molecule has 0 aromatic carbocycles. The molecule has 1 N–H and O–H groups in total. The summed E-state index contributed by atoms with van der Waals surface area (Å²) in [6.07, 6.45) is 1.48. The normalized spacial score (nSPS) is 8.78. The van der Waals surface area contributed by atoms with Crippen molar-refractivity contribution in [3.05, 3.63) is 0 Å². The van der Waals surface area contributed by atoms with Crippen LogP contribution >= 0.6 is 0 Å². The molecule has 0 saturated carbocycles. The zero-order valence-corrected chi connectivity index (χ0v) is 7.76. The van der Waals surface area contributed by atoms with Crippen molar-refractivity contribution in [2.45, 2.75) is 26.7 Å². The van der Waals surface area contributed by atoms with Crippen LogP contribution in [0.15, 0.2) is 0 Å². The minimum Gasteiger partial charge on any atom is -0.481 e. The second kappa shape index (κ2) is 6.28. The van der Waals surface area contributed by atoms with Crippen molar-refractivity contribution in [1.82, 2.24) is 0 Å². The van der Waals surface area contributed by atoms with E-state index in [4.69, 9.17) is 5.11 Å². The first kappa shape index (κ1) is 11.9. The van der Waals surface area contributed by atoms with Crippen molar-refractivity contribution in [2.75, 3.05) is 0 Å². The van der Waals surface area contributed by atoms with Crippen molar-refractivity contribution in [1.29, 1.82) is 0 Å². The van der Waals surface area contributed by atoms with E-state index < -0.39 is 5.97 Å². The van der Waals surface area contributed by atoms with Gasteiger partial charge in [0.15, 0.2) is 0 Å². The first-order valence-corrected chi connectivity index (χ1v) is 2.95. The van der Waals surface area contributed by atoms with Gasteiger partial charge >= 0.3 is 5.97 Å². The van der Waals surface area contributed by atoms with Gasteiger partial charge in [-0.1, -0.05) is 13.8 Å². The molecule has 0 bridgehead atoms. The van der Waals surface area contributed by atoms with Crippen molar-refractivity contribution in [2.24, 2.45) is 5.92 Å². The van der Waals surface area contributed by atoms with E-state index in [9.17, 15) is 4.79 Å². The Morgan fingerprint density at radius 2 is 1.78 bits per heavy atom. The van der Waals surface area contributed by atoms with E-state index in [-0.39, 0.29) is 27.0 Å². The van der Waals surface area contributed by atoms with Gasteiger partial charge in [0, 0.05) is 21.1 Å². The molecule has 0 aromatic heterocycles. The van der Waals surface area contributed by atoms with E-state index in [1.54, 1.807) is 0 Å². The van der Waals surface area contributed by atoms with E-state index in [2.05, 4.69) is 0 Å². The molecule has 0 heterocycles. The maximum atomic E-state index is 10.2. The molecule has 0 fully saturated rings. The first-order chi connectivity index (χ1) is 3.72. The third-order valence-corrected chi connectivity index (χ3v) is 1.33. The van der Waals surface area contributed by atoms with Gasteiger partial charge in [-0.25, -0.2) is 0 Å². The van der Waals surface area contributed by atoms with Crippen molar-refractivity contribution in [3.8, 4) is 0 Å². The van der Waals surface area contributed by atoms with Crippen LogP contribution in [0.5, 0.6) is 0 Å². The van der Waals surface area contributed by atoms with Crippen LogP contribution in [0.3, 0.4) is 0 Å². The number of hydrogen-bond acceptors (Lipinski definition) is 1. The Hall–Kier alpha value is 0.158. The maximum absolute atomic E-state index is 10.2. The predicted octanol–water partition coefficient (Wildman–Crippen LogP) is 1.50. The minimum absolute atomic E-state index is 0. The molecule has 0 saturated heterocycles. The molecule has 0 spiro atoms. The fourth-order valence-corrected chi connectivity index (χ4v) is 0.638. The number of carbonyl (C=O) groups is 1. The zero-order chi connectivity index (χ0) is 6.57. The van der Waals surface area contributed by atoms with Crippen LogP contribution < -0.4 is 0 Å². The van der Waals surface area contributed by atoms with Crippen LogP contribution in [0.1, 0.15) is 26.7 Å². The summed E-state index contributed by atoms with van der Waals surface area (Å²) in [6, 6.07) is 0. The van der Waals surface area contributed by atoms with Gasteiger partial charge < -0.3 is 5.11 Å². The molecule has 9 heavy (non-hydrogen) atoms. The summed E-state index contributed by atoms with van der Waals surface area (Å²) in [4.78, 5) is 10.2. The standard InChI is InChI=1S/C6H12O2.Mo/c1-3-5(4-2)6(7)8;/h5H,3-4H2,1-2H3,(H,7,8);. The van der Waals surface area contributed by atoms with Gasteiger partial charge in [0.25, 0.3) is 0 Å². The van der Waals surface area contributed by atoms with Gasteiger partial charge in [-0.05, 0) is 12.8 Å². The largest absolute Gasteiger partial charge is 0.481 e. The van der Waals surface area contributed by atoms with Crippen LogP contribution in [-0.2, 0) is 25.9 Å². The van der Waals surface area contributed by atoms with E-state index >= 15 is 0 Å². The van der Waals surface area contributed by atoms with Gasteiger partial charge in [-0.3, -0.25) is 4.79 Å². The molecule has 0 aliphatic heterocycles. The topological polar surface area (TPSA) is 37.3 Å². The van der Waals surface area contributed by atoms with E-state index in [0.717, 1.165) is 12.8 Å². The summed E-state index contributed by atoms with van der Waals surface area (Å²) in [5.74, 6) is -0.801. The summed E-state index contributed by atoms with van der Waals surface area (Å²) in [7, 11) is 0. The SMILES string of the molecule is CCC(CC)C(=O)O.[Mo]. The van der Waals surface area contributed by atoms with E-state index in [1.165, 1.54) is 0 Å². The fraction of sp³-hybridized carbons (Fsp3) is 0.833. The van der Waals surface area contributed by atoms with E-state index in [0.29, 0.717) is 0 Å². The number of carboxylic acids is 1. The van der Waals surface area contributed by atoms with Crippen LogP contribution in [0.2, 0.25) is 0 Å². The predicted molar refractivity (Wildman–Crippen MR) is 31.7 cm³/mol. The minimum atomic E-state index is -0.671. The molecule has 54 valence electrons. The average Bonchev–Trinajstić information content (AvgIpc) is 1.69. The van der Waals surface area contributed by atoms with Crippen LogP contribution in [0.4, 0.5) is 0 Å². The summed E-state index contributed by atoms with van der Waals surface area (Å²) in [6.45, 7) is 3.78. The summed E-state index contributed by atoms with van der Waals surface area (Å²) in [5, 5.41) is 8.37. The summed E-state index contributed by atoms with van der Waals surface area (Å²) >= 11 is 0. The Morgan fingerprint density at radius 1 is 1.44 bits per heavy atom. The quantitative estimate of drug-likeness (QED) is 0.720. The monoisotopic (exact) mass is 214 g/mol. The fourth-order valence-electron chi connectivity index (χ4n) is 0.638. The number of hydrogen-bond donors (Lipinski definition) is 1. The summed E-state index contributed by atoms with van der Waals surface area (Å²) in [5.41, 5.74) is 0. The molecular formula is C6H12MoO2. The first-order valence-electron chi connectivity index (χ1n) is 2.95. The smallest absolute Gasteiger partial charge is 0.306 e. The van der Waals surface area contributed by atoms with Crippen LogP contribution in [-0.4, -0.2) is 11.1 Å². The second-order valence-electron chi connectivity index (χ2n) is 1.85. The average molecular weight is 212 g/mol. The maximum Gasteiger partial charge on any atom is 0.306 e. The Bertz CT molecular complexity index is 79.1. The second-order valence-corrected chi connectivity index (χ2v) is 1.85. The molecule has 0 aliphatic rings. The Kier molecular flexibility index (Phi) is 8.30. The number of rotatable bonds is 3. The van der Waals surface area contributed by atoms with Crippen molar-refractivity contribution in [3.63, 3.8) is 0 Å². The molecule has 0 rings (SSSR count). The molecule has 0 amide bonds. The number of carboxylic acid groups (broad SMARTS) is 1. The molecule has 0 radical (unpaired) electrons. The Labute approximate surface area is 69.9 Å². The third-order valence-electron chi connectivity index (χ3n) is 1.33. The molecule has 0 aliphatic carbocycles. The van der Waals surface area contributed by atoms with Gasteiger partial charge in [0.2, 0.25) is 0 Å². The number of aliphatic carboxylic acids is 1. The zero-order valence-electron chi connectivity index (χ0n) is 5.76. The molecule has 0 atom stereocenters. The van der Waals surface area contributed by atoms with Gasteiger partial charge in [-0.2, -0.15) is 0 Å². The van der Waals surface area contributed by atoms with Gasteiger partial charge in [-0.15, -0.1) is 0 Å². The van der Waals surface area contributed by atoms with Crippen LogP contribution in [0, 0.1) is 5.92 Å². The van der Waals surface area contributed by atoms with Gasteiger partial charge in [0.1, 0.15) is 0 Å². The molecule has 0 unspecified atom stereocenters. The van der Waals surface area contributed by atoms with Gasteiger partial charge in [0.05, 0.1) is 5.92 Å². The van der Waals surface area contributed by atoms with Crippen molar-refractivity contribution >= 4 is 5.97 Å². The Morgan fingerprint density at radius 3 is 1.78 bits per heavy atom. The molecular weight excluding hydrogens is 200 g/mol. The summed E-state index contributed by atoms with van der Waals surface area (Å²) < 4.78 is 0. The Balaban J connectivity index is 0. The van der Waals surface area contributed by atoms with Crippen LogP contribution in [0.25, 0.3) is 0 Å². The van der Waals surface area contributed by atoms with Crippen molar-refractivity contribution < 1.29 is 31.0 Å².